The van der Waals surface area contributed by atoms with Gasteiger partial charge in [0.25, 0.3) is 26.0 Å². The summed E-state index contributed by atoms with van der Waals surface area (Å²) in [7, 11) is -5.23. The average Bonchev–Trinajstić information content (AvgIpc) is 3.22. The molecule has 0 spiro atoms. The lowest BCUT2D eigenvalue weighted by Crippen LogP contribution is -2.20. The summed E-state index contributed by atoms with van der Waals surface area (Å²) in [5.41, 5.74) is 3.86. The molecule has 0 fully saturated rings. The number of sulfonamides is 1. The van der Waals surface area contributed by atoms with E-state index in [4.69, 9.17) is 9.47 Å². The van der Waals surface area contributed by atoms with Crippen molar-refractivity contribution in [2.45, 2.75) is 22.6 Å². The van der Waals surface area contributed by atoms with E-state index in [9.17, 15) is 26.2 Å². The highest BCUT2D eigenvalue weighted by Crippen LogP contribution is 2.37. The van der Waals surface area contributed by atoms with Crippen LogP contribution in [0.15, 0.2) is 174 Å². The molecule has 1 amide bonds. The first kappa shape index (κ1) is 40.2. The van der Waals surface area contributed by atoms with E-state index in [1.807, 2.05) is 78.9 Å². The van der Waals surface area contributed by atoms with Crippen LogP contribution in [-0.2, 0) is 33.0 Å². The molecule has 0 bridgehead atoms. The number of nitrogens with one attached hydrogen (secondary N) is 2. The molecule has 0 unspecified atom stereocenters. The first-order chi connectivity index (χ1) is 27.5. The zero-order chi connectivity index (χ0) is 40.4. The van der Waals surface area contributed by atoms with Crippen LogP contribution < -0.4 is 19.5 Å². The number of anilines is 2. The van der Waals surface area contributed by atoms with Crippen molar-refractivity contribution in [1.29, 1.82) is 0 Å². The summed E-state index contributed by atoms with van der Waals surface area (Å²) < 4.78 is 73.7. The van der Waals surface area contributed by atoms with Crippen molar-refractivity contribution in [2.75, 3.05) is 24.3 Å². The SMILES string of the molecule is COc1ccc(Cc2c(Cc3ccccc3)c(S(=O)(=O)O)c(C(=O)Nc3ccccc3)c3ccccc23)cc1.COc1ccc(S(=O)(=O)Nc2ccccc2)cc1. The van der Waals surface area contributed by atoms with Crippen LogP contribution >= 0.6 is 0 Å². The Morgan fingerprint density at radius 3 is 1.54 bits per heavy atom. The molecular formula is C45H40N2O8S2. The van der Waals surface area contributed by atoms with Crippen LogP contribution in [0.2, 0.25) is 0 Å². The van der Waals surface area contributed by atoms with Gasteiger partial charge in [-0.1, -0.05) is 103 Å². The molecule has 290 valence electrons. The van der Waals surface area contributed by atoms with E-state index in [1.54, 1.807) is 79.9 Å². The van der Waals surface area contributed by atoms with Crippen LogP contribution in [0, 0.1) is 0 Å². The summed E-state index contributed by atoms with van der Waals surface area (Å²) in [5, 5.41) is 3.99. The standard InChI is InChI=1S/C32H27NO5S.C13H13NO3S/c1-38-25-18-16-23(17-19-25)20-28-26-14-8-9-15-27(26)30(32(34)33-24-12-6-3-7-13-24)31(39(35,36)37)29(28)21-22-10-4-2-5-11-22;1-17-12-7-9-13(10-8-12)18(15,16)14-11-5-3-2-4-6-11/h2-19H,20-21H2,1H3,(H,33,34)(H,35,36,37);2-10,14H,1H3. The molecule has 10 nitrogen and oxygen atoms in total. The summed E-state index contributed by atoms with van der Waals surface area (Å²) in [5.74, 6) is 0.712. The monoisotopic (exact) mass is 800 g/mol. The lowest BCUT2D eigenvalue weighted by Gasteiger charge is -2.21. The number of hydrogen-bond donors (Lipinski definition) is 3. The van der Waals surface area contributed by atoms with Gasteiger partial charge in [-0.15, -0.1) is 0 Å². The maximum absolute atomic E-state index is 13.7. The number of hydrogen-bond acceptors (Lipinski definition) is 7. The topological polar surface area (TPSA) is 148 Å². The third kappa shape index (κ3) is 10.0. The number of fused-ring (bicyclic) bond motifs is 1. The molecule has 0 saturated carbocycles. The van der Waals surface area contributed by atoms with Gasteiger partial charge in [0.2, 0.25) is 0 Å². The number of amides is 1. The maximum atomic E-state index is 13.7. The van der Waals surface area contributed by atoms with Crippen LogP contribution in [0.3, 0.4) is 0 Å². The van der Waals surface area contributed by atoms with E-state index in [0.717, 1.165) is 22.1 Å². The lowest BCUT2D eigenvalue weighted by atomic mass is 9.87. The van der Waals surface area contributed by atoms with Crippen molar-refractivity contribution in [3.05, 3.63) is 192 Å². The zero-order valence-corrected chi connectivity index (χ0v) is 32.8. The van der Waals surface area contributed by atoms with Crippen molar-refractivity contribution < 1.29 is 35.7 Å². The van der Waals surface area contributed by atoms with E-state index in [1.165, 1.54) is 19.2 Å². The van der Waals surface area contributed by atoms with Gasteiger partial charge < -0.3 is 14.8 Å². The number of para-hydroxylation sites is 2. The minimum absolute atomic E-state index is 0.0821. The Morgan fingerprint density at radius 1 is 0.544 bits per heavy atom. The van der Waals surface area contributed by atoms with Gasteiger partial charge in [-0.25, -0.2) is 8.42 Å². The molecule has 0 heterocycles. The lowest BCUT2D eigenvalue weighted by molar-refractivity contribution is 0.102. The molecule has 0 saturated heterocycles. The third-order valence-corrected chi connectivity index (χ3v) is 11.4. The van der Waals surface area contributed by atoms with Crippen molar-refractivity contribution in [2.24, 2.45) is 0 Å². The molecule has 0 aromatic heterocycles. The minimum atomic E-state index is -4.82. The first-order valence-electron chi connectivity index (χ1n) is 17.8. The number of rotatable bonds is 12. The fourth-order valence-corrected chi connectivity index (χ4v) is 8.40. The van der Waals surface area contributed by atoms with Crippen molar-refractivity contribution in [1.82, 2.24) is 0 Å². The first-order valence-corrected chi connectivity index (χ1v) is 20.7. The largest absolute Gasteiger partial charge is 0.497 e. The van der Waals surface area contributed by atoms with E-state index in [2.05, 4.69) is 10.0 Å². The minimum Gasteiger partial charge on any atom is -0.497 e. The van der Waals surface area contributed by atoms with Gasteiger partial charge >= 0.3 is 0 Å². The molecule has 0 aliphatic heterocycles. The molecule has 7 rings (SSSR count). The maximum Gasteiger partial charge on any atom is 0.295 e. The molecular weight excluding hydrogens is 761 g/mol. The molecule has 12 heteroatoms. The summed E-state index contributed by atoms with van der Waals surface area (Å²) in [6.45, 7) is 0. The van der Waals surface area contributed by atoms with Crippen LogP contribution in [0.4, 0.5) is 11.4 Å². The van der Waals surface area contributed by atoms with E-state index >= 15 is 0 Å². The van der Waals surface area contributed by atoms with Gasteiger partial charge in [-0.3, -0.25) is 14.1 Å². The van der Waals surface area contributed by atoms with Gasteiger partial charge in [0, 0.05) is 11.4 Å². The molecule has 57 heavy (non-hydrogen) atoms. The Hall–Kier alpha value is -6.47. The smallest absolute Gasteiger partial charge is 0.295 e. The summed E-state index contributed by atoms with van der Waals surface area (Å²) in [6.07, 6.45) is 0.591. The highest BCUT2D eigenvalue weighted by molar-refractivity contribution is 7.92. The van der Waals surface area contributed by atoms with Crippen molar-refractivity contribution >= 4 is 48.2 Å². The number of carbonyl (C=O) groups is 1. The van der Waals surface area contributed by atoms with Gasteiger partial charge in [-0.2, -0.15) is 8.42 Å². The second-order valence-electron chi connectivity index (χ2n) is 12.8. The predicted octanol–water partition coefficient (Wildman–Crippen LogP) is 9.03. The summed E-state index contributed by atoms with van der Waals surface area (Å²) in [6, 6.07) is 47.9. The second kappa shape index (κ2) is 18.0. The quantitative estimate of drug-likeness (QED) is 0.104. The number of methoxy groups -OCH3 is 2. The molecule has 7 aromatic rings. The van der Waals surface area contributed by atoms with E-state index in [-0.39, 0.29) is 21.8 Å². The Balaban J connectivity index is 0.000000255. The predicted molar refractivity (Wildman–Crippen MR) is 223 cm³/mol. The zero-order valence-electron chi connectivity index (χ0n) is 31.1. The fraction of sp³-hybridized carbons (Fsp3) is 0.0889. The van der Waals surface area contributed by atoms with Gasteiger partial charge in [-0.05, 0) is 107 Å². The molecule has 0 radical (unpaired) electrons. The highest BCUT2D eigenvalue weighted by Gasteiger charge is 2.30. The highest BCUT2D eigenvalue weighted by atomic mass is 32.2. The Labute approximate surface area is 332 Å². The molecule has 0 atom stereocenters. The van der Waals surface area contributed by atoms with E-state index < -0.39 is 26.0 Å². The molecule has 0 aliphatic rings. The Kier molecular flexibility index (Phi) is 12.7. The Bertz CT molecular complexity index is 2680. The Morgan fingerprint density at radius 2 is 1.00 bits per heavy atom. The van der Waals surface area contributed by atoms with Gasteiger partial charge in [0.1, 0.15) is 16.4 Å². The van der Waals surface area contributed by atoms with Gasteiger partial charge in [0.05, 0.1) is 24.7 Å². The second-order valence-corrected chi connectivity index (χ2v) is 15.9. The summed E-state index contributed by atoms with van der Waals surface area (Å²) >= 11 is 0. The number of benzene rings is 7. The average molecular weight is 801 g/mol. The number of carbonyl (C=O) groups excluding carboxylic acids is 1. The van der Waals surface area contributed by atoms with Crippen LogP contribution in [0.1, 0.15) is 32.6 Å². The summed E-state index contributed by atoms with van der Waals surface area (Å²) in [4.78, 5) is 13.6. The van der Waals surface area contributed by atoms with E-state index in [0.29, 0.717) is 40.2 Å². The van der Waals surface area contributed by atoms with Crippen LogP contribution in [0.5, 0.6) is 11.5 Å². The number of ether oxygens (including phenoxy) is 2. The molecule has 0 aliphatic carbocycles. The van der Waals surface area contributed by atoms with Crippen LogP contribution in [-0.4, -0.2) is 41.5 Å². The normalized spacial score (nSPS) is 11.2. The fourth-order valence-electron chi connectivity index (χ4n) is 6.37. The molecule has 3 N–H and O–H groups in total. The van der Waals surface area contributed by atoms with Crippen molar-refractivity contribution in [3.63, 3.8) is 0 Å². The van der Waals surface area contributed by atoms with Gasteiger partial charge in [0.15, 0.2) is 0 Å². The molecule has 7 aromatic carbocycles. The van der Waals surface area contributed by atoms with Crippen LogP contribution in [0.25, 0.3) is 10.8 Å². The van der Waals surface area contributed by atoms with Crippen molar-refractivity contribution in [3.8, 4) is 11.5 Å². The third-order valence-electron chi connectivity index (χ3n) is 9.06.